The smallest absolute Gasteiger partial charge is 0.332 e. The first-order valence-corrected chi connectivity index (χ1v) is 6.48. The molecule has 104 valence electrons. The van der Waals surface area contributed by atoms with Gasteiger partial charge in [-0.25, -0.2) is 9.59 Å². The zero-order valence-electron chi connectivity index (χ0n) is 9.69. The van der Waals surface area contributed by atoms with Crippen LogP contribution in [0, 0.1) is 0 Å². The van der Waals surface area contributed by atoms with Crippen molar-refractivity contribution in [1.82, 2.24) is 5.32 Å². The number of aliphatic hydroxyl groups is 1. The van der Waals surface area contributed by atoms with Gasteiger partial charge in [-0.3, -0.25) is 0 Å². The van der Waals surface area contributed by atoms with Gasteiger partial charge in [0.25, 0.3) is 0 Å². The van der Waals surface area contributed by atoms with Crippen molar-refractivity contribution in [2.45, 2.75) is 12.5 Å². The van der Waals surface area contributed by atoms with Crippen molar-refractivity contribution in [3.8, 4) is 0 Å². The molecular weight excluding hydrogens is 339 g/mol. The molecule has 0 unspecified atom stereocenters. The Morgan fingerprint density at radius 3 is 2.68 bits per heavy atom. The Morgan fingerprint density at radius 1 is 1.42 bits per heavy atom. The van der Waals surface area contributed by atoms with Gasteiger partial charge < -0.3 is 20.8 Å². The van der Waals surface area contributed by atoms with Crippen LogP contribution < -0.4 is 10.6 Å². The van der Waals surface area contributed by atoms with E-state index < -0.39 is 18.1 Å². The molecule has 8 heteroatoms. The van der Waals surface area contributed by atoms with Crippen LogP contribution in [0.25, 0.3) is 0 Å². The molecule has 0 radical (unpaired) electrons. The van der Waals surface area contributed by atoms with Crippen LogP contribution in [0.4, 0.5) is 10.5 Å². The van der Waals surface area contributed by atoms with Gasteiger partial charge in [0.2, 0.25) is 0 Å². The van der Waals surface area contributed by atoms with Crippen LogP contribution >= 0.6 is 27.5 Å². The number of hydrogen-bond acceptors (Lipinski definition) is 3. The zero-order valence-corrected chi connectivity index (χ0v) is 12.0. The summed E-state index contributed by atoms with van der Waals surface area (Å²) in [7, 11) is 0. The molecule has 6 nitrogen and oxygen atoms in total. The van der Waals surface area contributed by atoms with E-state index in [0.29, 0.717) is 15.2 Å². The van der Waals surface area contributed by atoms with Gasteiger partial charge in [-0.05, 0) is 34.1 Å². The highest BCUT2D eigenvalue weighted by atomic mass is 79.9. The molecule has 4 N–H and O–H groups in total. The Balaban J connectivity index is 2.39. The number of urea groups is 1. The van der Waals surface area contributed by atoms with Crippen LogP contribution in [0.1, 0.15) is 6.42 Å². The van der Waals surface area contributed by atoms with Crippen molar-refractivity contribution in [1.29, 1.82) is 0 Å². The quantitative estimate of drug-likeness (QED) is 0.652. The van der Waals surface area contributed by atoms with Crippen LogP contribution in [0.5, 0.6) is 0 Å². The van der Waals surface area contributed by atoms with E-state index in [4.69, 9.17) is 21.8 Å². The number of anilines is 1. The second-order valence-electron chi connectivity index (χ2n) is 3.65. The van der Waals surface area contributed by atoms with Crippen molar-refractivity contribution in [3.05, 3.63) is 27.7 Å². The highest BCUT2D eigenvalue weighted by Crippen LogP contribution is 2.25. The first kappa shape index (κ1) is 15.7. The van der Waals surface area contributed by atoms with E-state index in [0.717, 1.165) is 0 Å². The summed E-state index contributed by atoms with van der Waals surface area (Å²) in [6.07, 6.45) is -1.55. The number of carboxylic acid groups (broad SMARTS) is 1. The van der Waals surface area contributed by atoms with Gasteiger partial charge in [0.15, 0.2) is 6.10 Å². The third-order valence-corrected chi connectivity index (χ3v) is 3.40. The molecule has 0 fully saturated rings. The Labute approximate surface area is 122 Å². The first-order chi connectivity index (χ1) is 8.90. The van der Waals surface area contributed by atoms with Gasteiger partial charge in [-0.1, -0.05) is 11.6 Å². The van der Waals surface area contributed by atoms with E-state index in [2.05, 4.69) is 26.6 Å². The fraction of sp³-hybridized carbons (Fsp3) is 0.273. The molecule has 0 aliphatic heterocycles. The lowest BCUT2D eigenvalue weighted by Gasteiger charge is -2.09. The van der Waals surface area contributed by atoms with Crippen LogP contribution in [-0.2, 0) is 4.79 Å². The summed E-state index contributed by atoms with van der Waals surface area (Å²) in [6.45, 7) is 0.0452. The number of hydrogen-bond donors (Lipinski definition) is 4. The number of amides is 2. The molecule has 1 atom stereocenters. The predicted octanol–water partition coefficient (Wildman–Crippen LogP) is 2.06. The fourth-order valence-electron chi connectivity index (χ4n) is 1.20. The van der Waals surface area contributed by atoms with Crippen molar-refractivity contribution in [2.24, 2.45) is 0 Å². The van der Waals surface area contributed by atoms with Gasteiger partial charge >= 0.3 is 12.0 Å². The molecular formula is C11H12BrClN2O4. The standard InChI is InChI=1S/C11H12BrClN2O4/c12-7-2-1-6(5-8(7)13)15-11(19)14-4-3-9(16)10(17)18/h1-2,5,9,16H,3-4H2,(H,17,18)(H2,14,15,19)/t9-/m0/s1. The third-order valence-electron chi connectivity index (χ3n) is 2.17. The largest absolute Gasteiger partial charge is 0.479 e. The number of carbonyl (C=O) groups is 2. The number of carboxylic acids is 1. The van der Waals surface area contributed by atoms with Crippen LogP contribution in [-0.4, -0.2) is 34.9 Å². The molecule has 19 heavy (non-hydrogen) atoms. The van der Waals surface area contributed by atoms with E-state index in [1.165, 1.54) is 0 Å². The number of halogens is 2. The summed E-state index contributed by atoms with van der Waals surface area (Å²) in [4.78, 5) is 21.8. The molecule has 0 spiro atoms. The van der Waals surface area contributed by atoms with Crippen LogP contribution in [0.3, 0.4) is 0 Å². The lowest BCUT2D eigenvalue weighted by molar-refractivity contribution is -0.146. The Kier molecular flexibility index (Phi) is 6.07. The molecule has 0 heterocycles. The number of rotatable bonds is 5. The SMILES string of the molecule is O=C(NCC[C@H](O)C(=O)O)Nc1ccc(Br)c(Cl)c1. The Bertz CT molecular complexity index is 484. The minimum Gasteiger partial charge on any atom is -0.479 e. The number of aliphatic carboxylic acids is 1. The topological polar surface area (TPSA) is 98.7 Å². The van der Waals surface area contributed by atoms with Crippen molar-refractivity contribution in [2.75, 3.05) is 11.9 Å². The van der Waals surface area contributed by atoms with Gasteiger partial charge in [-0.2, -0.15) is 0 Å². The maximum absolute atomic E-state index is 11.5. The van der Waals surface area contributed by atoms with Gasteiger partial charge in [0.05, 0.1) is 5.02 Å². The lowest BCUT2D eigenvalue weighted by atomic mass is 10.2. The van der Waals surface area contributed by atoms with Crippen LogP contribution in [0.15, 0.2) is 22.7 Å². The number of benzene rings is 1. The first-order valence-electron chi connectivity index (χ1n) is 5.31. The normalized spacial score (nSPS) is 11.7. The highest BCUT2D eigenvalue weighted by Gasteiger charge is 2.12. The van der Waals surface area contributed by atoms with E-state index in [-0.39, 0.29) is 13.0 Å². The minimum atomic E-state index is -1.48. The number of nitrogens with one attached hydrogen (secondary N) is 2. The summed E-state index contributed by atoms with van der Waals surface area (Å²) >= 11 is 9.08. The van der Waals surface area contributed by atoms with Gasteiger partial charge in [0.1, 0.15) is 0 Å². The molecule has 1 aromatic carbocycles. The summed E-state index contributed by atoms with van der Waals surface area (Å²) < 4.78 is 0.713. The third kappa shape index (κ3) is 5.46. The second kappa shape index (κ2) is 7.32. The summed E-state index contributed by atoms with van der Waals surface area (Å²) in [5.74, 6) is -1.32. The number of carbonyl (C=O) groups excluding carboxylic acids is 1. The lowest BCUT2D eigenvalue weighted by Crippen LogP contribution is -2.33. The fourth-order valence-corrected chi connectivity index (χ4v) is 1.62. The minimum absolute atomic E-state index is 0.0452. The molecule has 0 aromatic heterocycles. The van der Waals surface area contributed by atoms with E-state index in [1.54, 1.807) is 18.2 Å². The second-order valence-corrected chi connectivity index (χ2v) is 4.91. The molecule has 0 aliphatic carbocycles. The Hall–Kier alpha value is -1.31. The Morgan fingerprint density at radius 2 is 2.11 bits per heavy atom. The van der Waals surface area contributed by atoms with Crippen molar-refractivity contribution in [3.63, 3.8) is 0 Å². The van der Waals surface area contributed by atoms with Gasteiger partial charge in [0, 0.05) is 23.1 Å². The molecule has 1 rings (SSSR count). The zero-order chi connectivity index (χ0) is 14.4. The van der Waals surface area contributed by atoms with E-state index in [1.807, 2.05) is 0 Å². The molecule has 2 amide bonds. The monoisotopic (exact) mass is 350 g/mol. The van der Waals surface area contributed by atoms with Crippen molar-refractivity contribution >= 4 is 45.2 Å². The molecule has 0 bridgehead atoms. The van der Waals surface area contributed by atoms with E-state index in [9.17, 15) is 9.59 Å². The summed E-state index contributed by atoms with van der Waals surface area (Å²) in [5, 5.41) is 22.9. The average molecular weight is 352 g/mol. The number of aliphatic hydroxyl groups excluding tert-OH is 1. The van der Waals surface area contributed by atoms with E-state index >= 15 is 0 Å². The predicted molar refractivity (Wildman–Crippen MR) is 74.4 cm³/mol. The average Bonchev–Trinajstić information content (AvgIpc) is 2.33. The maximum Gasteiger partial charge on any atom is 0.332 e. The maximum atomic E-state index is 11.5. The molecule has 0 saturated heterocycles. The molecule has 1 aromatic rings. The summed E-state index contributed by atoms with van der Waals surface area (Å²) in [5.41, 5.74) is 0.504. The molecule has 0 saturated carbocycles. The molecule has 0 aliphatic rings. The van der Waals surface area contributed by atoms with Gasteiger partial charge in [-0.15, -0.1) is 0 Å². The van der Waals surface area contributed by atoms with Crippen molar-refractivity contribution < 1.29 is 19.8 Å². The highest BCUT2D eigenvalue weighted by molar-refractivity contribution is 9.10. The van der Waals surface area contributed by atoms with Crippen LogP contribution in [0.2, 0.25) is 5.02 Å². The summed E-state index contributed by atoms with van der Waals surface area (Å²) in [6, 6.07) is 4.40.